The van der Waals surface area contributed by atoms with E-state index in [1.807, 2.05) is 44.2 Å². The minimum Gasteiger partial charge on any atom is -0.411 e. The van der Waals surface area contributed by atoms with Crippen LogP contribution >= 0.6 is 27.7 Å². The van der Waals surface area contributed by atoms with Crippen molar-refractivity contribution >= 4 is 33.5 Å². The minimum atomic E-state index is 0.0751. The summed E-state index contributed by atoms with van der Waals surface area (Å²) in [4.78, 5) is 12.6. The molecule has 0 aliphatic rings. The van der Waals surface area contributed by atoms with Gasteiger partial charge in [0.05, 0.1) is 11.3 Å². The maximum atomic E-state index is 12.6. The van der Waals surface area contributed by atoms with Gasteiger partial charge in [0.1, 0.15) is 0 Å². The van der Waals surface area contributed by atoms with Crippen LogP contribution in [-0.4, -0.2) is 26.3 Å². The van der Waals surface area contributed by atoms with Crippen molar-refractivity contribution in [1.82, 2.24) is 14.8 Å². The Morgan fingerprint density at radius 1 is 1.27 bits per heavy atom. The Morgan fingerprint density at radius 3 is 2.77 bits per heavy atom. The van der Waals surface area contributed by atoms with Gasteiger partial charge in [0, 0.05) is 28.0 Å². The van der Waals surface area contributed by atoms with E-state index in [1.54, 1.807) is 0 Å². The van der Waals surface area contributed by atoms with Crippen LogP contribution in [0, 0.1) is 13.8 Å². The van der Waals surface area contributed by atoms with Crippen molar-refractivity contribution in [3.8, 4) is 11.5 Å². The van der Waals surface area contributed by atoms with Gasteiger partial charge in [-0.2, -0.15) is 0 Å². The molecule has 136 valence electrons. The van der Waals surface area contributed by atoms with E-state index in [9.17, 15) is 4.79 Å². The van der Waals surface area contributed by atoms with Crippen LogP contribution in [0.3, 0.4) is 0 Å². The Morgan fingerprint density at radius 2 is 2.04 bits per heavy atom. The number of ketones is 1. The molecule has 2 heterocycles. The van der Waals surface area contributed by atoms with Crippen LogP contribution in [0.4, 0.5) is 0 Å². The van der Waals surface area contributed by atoms with Gasteiger partial charge in [-0.05, 0) is 54.4 Å². The first-order chi connectivity index (χ1) is 12.5. The zero-order valence-electron chi connectivity index (χ0n) is 15.0. The molecule has 0 saturated carbocycles. The molecule has 0 atom stereocenters. The normalized spacial score (nSPS) is 11.1. The Balaban J connectivity index is 1.69. The van der Waals surface area contributed by atoms with E-state index in [2.05, 4.69) is 37.6 Å². The fourth-order valence-electron chi connectivity index (χ4n) is 2.87. The van der Waals surface area contributed by atoms with Crippen molar-refractivity contribution in [3.05, 3.63) is 51.8 Å². The van der Waals surface area contributed by atoms with E-state index >= 15 is 0 Å². The van der Waals surface area contributed by atoms with E-state index in [0.29, 0.717) is 11.1 Å². The van der Waals surface area contributed by atoms with Crippen LogP contribution in [0.15, 0.2) is 44.4 Å². The van der Waals surface area contributed by atoms with Crippen LogP contribution in [0.5, 0.6) is 0 Å². The molecular weight excluding hydrogens is 414 g/mol. The third-order valence-electron chi connectivity index (χ3n) is 4.16. The van der Waals surface area contributed by atoms with Gasteiger partial charge in [-0.1, -0.05) is 30.8 Å². The van der Waals surface area contributed by atoms with E-state index in [4.69, 9.17) is 4.42 Å². The summed E-state index contributed by atoms with van der Waals surface area (Å²) in [6.07, 6.45) is 1.04. The molecule has 0 saturated heterocycles. The van der Waals surface area contributed by atoms with Crippen molar-refractivity contribution in [2.24, 2.45) is 0 Å². The van der Waals surface area contributed by atoms with Crippen LogP contribution in [0.25, 0.3) is 11.5 Å². The Bertz CT molecular complexity index is 933. The highest BCUT2D eigenvalue weighted by molar-refractivity contribution is 9.10. The van der Waals surface area contributed by atoms with E-state index in [-0.39, 0.29) is 11.5 Å². The van der Waals surface area contributed by atoms with Crippen molar-refractivity contribution in [2.45, 2.75) is 39.0 Å². The van der Waals surface area contributed by atoms with Gasteiger partial charge in [0.25, 0.3) is 5.22 Å². The first-order valence-corrected chi connectivity index (χ1v) is 10.2. The summed E-state index contributed by atoms with van der Waals surface area (Å²) in [5.41, 5.74) is 3.75. The highest BCUT2D eigenvalue weighted by atomic mass is 79.9. The summed E-state index contributed by atoms with van der Waals surface area (Å²) in [6, 6.07) is 9.62. The average Bonchev–Trinajstić information content (AvgIpc) is 3.20. The van der Waals surface area contributed by atoms with E-state index < -0.39 is 0 Å². The highest BCUT2D eigenvalue weighted by Gasteiger charge is 2.18. The number of halogens is 1. The molecule has 7 heteroatoms. The number of aryl methyl sites for hydroxylation is 1. The second-order valence-corrected chi connectivity index (χ2v) is 7.78. The summed E-state index contributed by atoms with van der Waals surface area (Å²) in [5.74, 6) is 0.785. The number of thioether (sulfide) groups is 1. The van der Waals surface area contributed by atoms with E-state index in [1.165, 1.54) is 11.8 Å². The number of Topliss-reactive ketones (excluding diaryl/α,β-unsaturated/α-hetero) is 1. The lowest BCUT2D eigenvalue weighted by Gasteiger charge is -2.07. The number of rotatable bonds is 7. The smallest absolute Gasteiger partial charge is 0.277 e. The van der Waals surface area contributed by atoms with Gasteiger partial charge in [0.2, 0.25) is 5.89 Å². The van der Waals surface area contributed by atoms with Gasteiger partial charge in [-0.3, -0.25) is 4.79 Å². The molecule has 26 heavy (non-hydrogen) atoms. The first kappa shape index (κ1) is 18.9. The zero-order chi connectivity index (χ0) is 18.7. The first-order valence-electron chi connectivity index (χ1n) is 8.42. The number of nitrogens with zero attached hydrogens (tertiary/aromatic N) is 3. The monoisotopic (exact) mass is 433 g/mol. The van der Waals surface area contributed by atoms with Gasteiger partial charge >= 0.3 is 0 Å². The molecule has 0 spiro atoms. The molecular formula is C19H20BrN3O2S. The third kappa shape index (κ3) is 3.94. The lowest BCUT2D eigenvalue weighted by atomic mass is 10.2. The molecule has 2 aromatic heterocycles. The molecule has 1 aromatic carbocycles. The zero-order valence-corrected chi connectivity index (χ0v) is 17.4. The van der Waals surface area contributed by atoms with Crippen molar-refractivity contribution in [3.63, 3.8) is 0 Å². The predicted octanol–water partition coefficient (Wildman–Crippen LogP) is 5.30. The number of aromatic nitrogens is 3. The minimum absolute atomic E-state index is 0.0751. The fourth-order valence-corrected chi connectivity index (χ4v) is 3.97. The van der Waals surface area contributed by atoms with Gasteiger partial charge in [-0.15, -0.1) is 10.2 Å². The quantitative estimate of drug-likeness (QED) is 0.373. The number of benzene rings is 1. The van der Waals surface area contributed by atoms with Crippen LogP contribution in [-0.2, 0) is 6.54 Å². The molecule has 0 amide bonds. The van der Waals surface area contributed by atoms with E-state index in [0.717, 1.165) is 40.0 Å². The Labute approximate surface area is 165 Å². The maximum Gasteiger partial charge on any atom is 0.277 e. The predicted molar refractivity (Wildman–Crippen MR) is 107 cm³/mol. The second-order valence-electron chi connectivity index (χ2n) is 6.00. The Hall–Kier alpha value is -1.86. The summed E-state index contributed by atoms with van der Waals surface area (Å²) in [5, 5.41) is 8.51. The third-order valence-corrected chi connectivity index (χ3v) is 5.67. The molecule has 0 fully saturated rings. The number of hydrogen-bond donors (Lipinski definition) is 0. The molecule has 0 unspecified atom stereocenters. The summed E-state index contributed by atoms with van der Waals surface area (Å²) >= 11 is 4.74. The molecule has 0 aliphatic heterocycles. The molecule has 3 aromatic rings. The SMILES string of the molecule is CCCn1c(C)cc(C(=O)CSc2nnc(-c3ccccc3Br)o2)c1C. The number of carbonyl (C=O) groups is 1. The average molecular weight is 434 g/mol. The summed E-state index contributed by atoms with van der Waals surface area (Å²) < 4.78 is 8.77. The number of hydrogen-bond acceptors (Lipinski definition) is 5. The van der Waals surface area contributed by atoms with Gasteiger partial charge in [0.15, 0.2) is 5.78 Å². The molecule has 0 N–H and O–H groups in total. The lowest BCUT2D eigenvalue weighted by molar-refractivity contribution is 0.102. The van der Waals surface area contributed by atoms with Crippen molar-refractivity contribution in [2.75, 3.05) is 5.75 Å². The molecule has 5 nitrogen and oxygen atoms in total. The fraction of sp³-hybridized carbons (Fsp3) is 0.316. The summed E-state index contributed by atoms with van der Waals surface area (Å²) in [7, 11) is 0. The van der Waals surface area contributed by atoms with Gasteiger partial charge < -0.3 is 8.98 Å². The second kappa shape index (κ2) is 8.22. The van der Waals surface area contributed by atoms with Crippen LogP contribution in [0.2, 0.25) is 0 Å². The van der Waals surface area contributed by atoms with Crippen LogP contribution < -0.4 is 0 Å². The summed E-state index contributed by atoms with van der Waals surface area (Å²) in [6.45, 7) is 7.10. The lowest BCUT2D eigenvalue weighted by Crippen LogP contribution is -2.06. The Kier molecular flexibility index (Phi) is 5.98. The van der Waals surface area contributed by atoms with Crippen molar-refractivity contribution < 1.29 is 9.21 Å². The standard InChI is InChI=1S/C19H20BrN3O2S/c1-4-9-23-12(2)10-15(13(23)3)17(24)11-26-19-22-21-18(25-19)14-7-5-6-8-16(14)20/h5-8,10H,4,9,11H2,1-3H3. The topological polar surface area (TPSA) is 60.9 Å². The molecule has 0 radical (unpaired) electrons. The molecule has 3 rings (SSSR count). The van der Waals surface area contributed by atoms with Gasteiger partial charge in [-0.25, -0.2) is 0 Å². The maximum absolute atomic E-state index is 12.6. The largest absolute Gasteiger partial charge is 0.411 e. The van der Waals surface area contributed by atoms with Crippen molar-refractivity contribution in [1.29, 1.82) is 0 Å². The molecule has 0 bridgehead atoms. The van der Waals surface area contributed by atoms with Crippen LogP contribution in [0.1, 0.15) is 35.1 Å². The number of carbonyl (C=O) groups excluding carboxylic acids is 1. The molecule has 0 aliphatic carbocycles. The highest BCUT2D eigenvalue weighted by Crippen LogP contribution is 2.29.